The Labute approximate surface area is 119 Å². The molecule has 2 N–H and O–H groups in total. The van der Waals surface area contributed by atoms with Crippen molar-refractivity contribution in [2.75, 3.05) is 5.73 Å². The Kier molecular flexibility index (Phi) is 3.16. The summed E-state index contributed by atoms with van der Waals surface area (Å²) in [7, 11) is 0. The molecular weight excluding hydrogens is 308 g/mol. The van der Waals surface area contributed by atoms with E-state index >= 15 is 0 Å². The van der Waals surface area contributed by atoms with Crippen molar-refractivity contribution in [3.05, 3.63) is 44.4 Å². The fourth-order valence-corrected chi connectivity index (χ4v) is 3.93. The molecule has 1 unspecified atom stereocenters. The lowest BCUT2D eigenvalue weighted by molar-refractivity contribution is 0.617. The lowest BCUT2D eigenvalue weighted by atomic mass is 9.86. The predicted octanol–water partition coefficient (Wildman–Crippen LogP) is 4.26. The number of thiazole rings is 1. The van der Waals surface area contributed by atoms with Gasteiger partial charge in [-0.15, -0.1) is 11.3 Å². The van der Waals surface area contributed by atoms with Crippen molar-refractivity contribution in [2.45, 2.75) is 32.1 Å². The van der Waals surface area contributed by atoms with Crippen LogP contribution in [0.4, 0.5) is 5.13 Å². The van der Waals surface area contributed by atoms with Crippen molar-refractivity contribution in [2.24, 2.45) is 0 Å². The molecular formula is C14H15BrN2S. The number of nitrogens with zero attached hydrogens (tertiary/aromatic N) is 1. The van der Waals surface area contributed by atoms with Crippen LogP contribution in [0.25, 0.3) is 0 Å². The summed E-state index contributed by atoms with van der Waals surface area (Å²) in [4.78, 5) is 5.83. The Balaban J connectivity index is 2.05. The molecule has 1 aromatic heterocycles. The summed E-state index contributed by atoms with van der Waals surface area (Å²) >= 11 is 5.22. The van der Waals surface area contributed by atoms with E-state index in [1.165, 1.54) is 39.0 Å². The molecule has 0 aliphatic heterocycles. The molecule has 2 nitrogen and oxygen atoms in total. The highest BCUT2D eigenvalue weighted by atomic mass is 79.9. The molecule has 1 aromatic carbocycles. The highest BCUT2D eigenvalue weighted by molar-refractivity contribution is 9.10. The zero-order chi connectivity index (χ0) is 12.7. The van der Waals surface area contributed by atoms with Crippen LogP contribution in [-0.4, -0.2) is 4.98 Å². The quantitative estimate of drug-likeness (QED) is 0.851. The summed E-state index contributed by atoms with van der Waals surface area (Å²) in [5.41, 5.74) is 9.75. The number of hydrogen-bond donors (Lipinski definition) is 1. The van der Waals surface area contributed by atoms with Crippen LogP contribution < -0.4 is 5.73 Å². The predicted molar refractivity (Wildman–Crippen MR) is 80.2 cm³/mol. The SMILES string of the molecule is Cc1cc(C2CCCc3nc(N)sc32)ccc1Br. The van der Waals surface area contributed by atoms with Gasteiger partial charge in [-0.3, -0.25) is 0 Å². The van der Waals surface area contributed by atoms with Crippen molar-refractivity contribution < 1.29 is 0 Å². The summed E-state index contributed by atoms with van der Waals surface area (Å²) in [6.07, 6.45) is 3.49. The zero-order valence-electron chi connectivity index (χ0n) is 10.2. The van der Waals surface area contributed by atoms with E-state index in [0.29, 0.717) is 11.0 Å². The van der Waals surface area contributed by atoms with Gasteiger partial charge in [-0.2, -0.15) is 0 Å². The van der Waals surface area contributed by atoms with E-state index in [1.807, 2.05) is 0 Å². The second-order valence-electron chi connectivity index (χ2n) is 4.82. The van der Waals surface area contributed by atoms with Crippen LogP contribution in [0, 0.1) is 6.92 Å². The van der Waals surface area contributed by atoms with Crippen LogP contribution in [0.15, 0.2) is 22.7 Å². The molecule has 0 fully saturated rings. The van der Waals surface area contributed by atoms with Gasteiger partial charge >= 0.3 is 0 Å². The fourth-order valence-electron chi connectivity index (χ4n) is 2.64. The second kappa shape index (κ2) is 4.67. The Bertz CT molecular complexity index is 591. The maximum absolute atomic E-state index is 5.85. The van der Waals surface area contributed by atoms with E-state index in [1.54, 1.807) is 11.3 Å². The number of aromatic nitrogens is 1. The Morgan fingerprint density at radius 2 is 2.28 bits per heavy atom. The zero-order valence-corrected chi connectivity index (χ0v) is 12.6. The fraction of sp³-hybridized carbons (Fsp3) is 0.357. The smallest absolute Gasteiger partial charge is 0.180 e. The minimum Gasteiger partial charge on any atom is -0.375 e. The van der Waals surface area contributed by atoms with Crippen molar-refractivity contribution in [3.8, 4) is 0 Å². The molecule has 0 saturated heterocycles. The molecule has 1 atom stereocenters. The molecule has 1 aliphatic carbocycles. The van der Waals surface area contributed by atoms with Gasteiger partial charge in [0.15, 0.2) is 5.13 Å². The summed E-state index contributed by atoms with van der Waals surface area (Å²) in [6.45, 7) is 2.14. The van der Waals surface area contributed by atoms with E-state index < -0.39 is 0 Å². The van der Waals surface area contributed by atoms with Crippen LogP contribution >= 0.6 is 27.3 Å². The van der Waals surface area contributed by atoms with E-state index in [4.69, 9.17) is 5.73 Å². The van der Waals surface area contributed by atoms with E-state index in [2.05, 4.69) is 46.0 Å². The number of anilines is 1. The largest absolute Gasteiger partial charge is 0.375 e. The lowest BCUT2D eigenvalue weighted by Gasteiger charge is -2.22. The number of nitrogens with two attached hydrogens (primary N) is 1. The highest BCUT2D eigenvalue weighted by Gasteiger charge is 2.25. The van der Waals surface area contributed by atoms with Crippen molar-refractivity contribution in [3.63, 3.8) is 0 Å². The van der Waals surface area contributed by atoms with Gasteiger partial charge < -0.3 is 5.73 Å². The summed E-state index contributed by atoms with van der Waals surface area (Å²) < 4.78 is 1.17. The number of benzene rings is 1. The molecule has 0 bridgehead atoms. The van der Waals surface area contributed by atoms with Gasteiger partial charge in [0.05, 0.1) is 5.69 Å². The standard InChI is InChI=1S/C14H15BrN2S/c1-8-7-9(5-6-11(8)15)10-3-2-4-12-13(10)18-14(16)17-12/h5-7,10H,2-4H2,1H3,(H2,16,17). The first-order valence-electron chi connectivity index (χ1n) is 6.16. The lowest BCUT2D eigenvalue weighted by Crippen LogP contribution is -2.09. The van der Waals surface area contributed by atoms with Gasteiger partial charge in [-0.1, -0.05) is 28.1 Å². The number of rotatable bonds is 1. The van der Waals surface area contributed by atoms with Gasteiger partial charge in [-0.25, -0.2) is 4.98 Å². The third-order valence-electron chi connectivity index (χ3n) is 3.55. The minimum absolute atomic E-state index is 0.482. The second-order valence-corrected chi connectivity index (χ2v) is 6.73. The number of hydrogen-bond acceptors (Lipinski definition) is 3. The van der Waals surface area contributed by atoms with Crippen molar-refractivity contribution in [1.82, 2.24) is 4.98 Å². The Morgan fingerprint density at radius 3 is 3.06 bits per heavy atom. The molecule has 0 radical (unpaired) electrons. The van der Waals surface area contributed by atoms with Crippen molar-refractivity contribution >= 4 is 32.4 Å². The van der Waals surface area contributed by atoms with E-state index in [0.717, 1.165) is 6.42 Å². The molecule has 1 heterocycles. The molecule has 0 saturated carbocycles. The number of nitrogen functional groups attached to an aromatic ring is 1. The van der Waals surface area contributed by atoms with E-state index in [-0.39, 0.29) is 0 Å². The number of fused-ring (bicyclic) bond motifs is 1. The van der Waals surface area contributed by atoms with Gasteiger partial charge in [0.2, 0.25) is 0 Å². The number of halogens is 1. The average Bonchev–Trinajstić information content (AvgIpc) is 2.72. The third kappa shape index (κ3) is 2.08. The van der Waals surface area contributed by atoms with Crippen LogP contribution in [0.5, 0.6) is 0 Å². The maximum atomic E-state index is 5.85. The molecule has 18 heavy (non-hydrogen) atoms. The van der Waals surface area contributed by atoms with Crippen LogP contribution in [0.3, 0.4) is 0 Å². The molecule has 4 heteroatoms. The molecule has 1 aliphatic rings. The molecule has 3 rings (SSSR count). The summed E-state index contributed by atoms with van der Waals surface area (Å²) in [6, 6.07) is 6.63. The Morgan fingerprint density at radius 1 is 1.44 bits per heavy atom. The summed E-state index contributed by atoms with van der Waals surface area (Å²) in [5, 5.41) is 0.709. The highest BCUT2D eigenvalue weighted by Crippen LogP contribution is 2.41. The first-order chi connectivity index (χ1) is 8.65. The van der Waals surface area contributed by atoms with Crippen LogP contribution in [0.2, 0.25) is 0 Å². The molecule has 0 amide bonds. The minimum atomic E-state index is 0.482. The van der Waals surface area contributed by atoms with Gasteiger partial charge in [0.1, 0.15) is 0 Å². The van der Waals surface area contributed by atoms with Gasteiger partial charge in [0.25, 0.3) is 0 Å². The van der Waals surface area contributed by atoms with Crippen LogP contribution in [-0.2, 0) is 6.42 Å². The maximum Gasteiger partial charge on any atom is 0.180 e. The van der Waals surface area contributed by atoms with Gasteiger partial charge in [0, 0.05) is 15.3 Å². The first kappa shape index (κ1) is 12.2. The summed E-state index contributed by atoms with van der Waals surface area (Å²) in [5.74, 6) is 0.482. The third-order valence-corrected chi connectivity index (χ3v) is 5.48. The molecule has 0 spiro atoms. The normalized spacial score (nSPS) is 18.7. The number of aryl methyl sites for hydroxylation is 2. The monoisotopic (exact) mass is 322 g/mol. The van der Waals surface area contributed by atoms with E-state index in [9.17, 15) is 0 Å². The first-order valence-corrected chi connectivity index (χ1v) is 7.77. The molecule has 2 aromatic rings. The van der Waals surface area contributed by atoms with Crippen molar-refractivity contribution in [1.29, 1.82) is 0 Å². The molecule has 94 valence electrons. The van der Waals surface area contributed by atoms with Gasteiger partial charge in [-0.05, 0) is 43.4 Å². The topological polar surface area (TPSA) is 38.9 Å². The van der Waals surface area contributed by atoms with Crippen LogP contribution in [0.1, 0.15) is 40.5 Å². The Hall–Kier alpha value is -0.870. The average molecular weight is 323 g/mol.